The summed E-state index contributed by atoms with van der Waals surface area (Å²) in [4.78, 5) is 69.9. The second kappa shape index (κ2) is 14.0. The lowest BCUT2D eigenvalue weighted by atomic mass is 9.88. The molecule has 3 aliphatic heterocycles. The van der Waals surface area contributed by atoms with E-state index in [0.29, 0.717) is 27.8 Å². The summed E-state index contributed by atoms with van der Waals surface area (Å²) >= 11 is 8.45. The molecule has 3 aromatic rings. The number of carboxylic acid groups (broad SMARTS) is 1. The summed E-state index contributed by atoms with van der Waals surface area (Å²) in [6, 6.07) is 15.5. The van der Waals surface area contributed by atoms with Gasteiger partial charge in [-0.3, -0.25) is 19.3 Å². The number of piperazine rings is 1. The zero-order valence-electron chi connectivity index (χ0n) is 26.3. The Hall–Kier alpha value is -4.81. The molecule has 0 saturated carbocycles. The largest absolute Gasteiger partial charge is 0.477 e. The second-order valence-corrected chi connectivity index (χ2v) is 14.0. The summed E-state index contributed by atoms with van der Waals surface area (Å²) < 4.78 is 1.49. The molecular weight excluding hydrogens is 691 g/mol. The number of carbonyl (C=O) groups is 5. The fourth-order valence-corrected chi connectivity index (χ4v) is 8.76. The summed E-state index contributed by atoms with van der Waals surface area (Å²) in [5.74, 6) is -2.90. The van der Waals surface area contributed by atoms with E-state index in [0.717, 1.165) is 10.5 Å². The van der Waals surface area contributed by atoms with Crippen molar-refractivity contribution in [3.05, 3.63) is 83.1 Å². The van der Waals surface area contributed by atoms with Crippen molar-refractivity contribution in [3.63, 3.8) is 0 Å². The number of hydrogen-bond acceptors (Lipinski definition) is 11. The molecule has 1 unspecified atom stereocenters. The summed E-state index contributed by atoms with van der Waals surface area (Å²) in [5, 5.41) is 27.1. The molecule has 254 valence electrons. The van der Waals surface area contributed by atoms with Crippen LogP contribution < -0.4 is 10.6 Å². The van der Waals surface area contributed by atoms with Crippen molar-refractivity contribution in [1.82, 2.24) is 45.5 Å². The van der Waals surface area contributed by atoms with Gasteiger partial charge in [0.2, 0.25) is 11.1 Å². The van der Waals surface area contributed by atoms with E-state index < -0.39 is 46.7 Å². The molecule has 4 heterocycles. The van der Waals surface area contributed by atoms with Gasteiger partial charge in [-0.15, -0.1) is 16.9 Å². The third kappa shape index (κ3) is 6.62. The van der Waals surface area contributed by atoms with Gasteiger partial charge in [-0.2, -0.15) is 0 Å². The summed E-state index contributed by atoms with van der Waals surface area (Å²) in [5.41, 5.74) is 0.817. The highest BCUT2D eigenvalue weighted by molar-refractivity contribution is 8.01. The first-order valence-corrected chi connectivity index (χ1v) is 17.5. The number of urea groups is 1. The first-order valence-electron chi connectivity index (χ1n) is 15.1. The van der Waals surface area contributed by atoms with Crippen LogP contribution in [0.1, 0.15) is 24.1 Å². The lowest BCUT2D eigenvalue weighted by Crippen LogP contribution is -2.78. The molecule has 49 heavy (non-hydrogen) atoms. The molecule has 2 fully saturated rings. The van der Waals surface area contributed by atoms with E-state index in [-0.39, 0.29) is 30.3 Å². The quantitative estimate of drug-likeness (QED) is 0.156. The maximum Gasteiger partial charge on any atom is 0.352 e. The lowest BCUT2D eigenvalue weighted by Gasteiger charge is -2.58. The van der Waals surface area contributed by atoms with E-state index >= 15 is 0 Å². The Morgan fingerprint density at radius 3 is 2.43 bits per heavy atom. The number of benzene rings is 2. The van der Waals surface area contributed by atoms with Crippen molar-refractivity contribution >= 4 is 70.5 Å². The van der Waals surface area contributed by atoms with Gasteiger partial charge in [0, 0.05) is 38.2 Å². The average Bonchev–Trinajstić information content (AvgIpc) is 3.52. The molecule has 3 aliphatic rings. The number of hydrogen-bond donors (Lipinski definition) is 3. The van der Waals surface area contributed by atoms with E-state index in [1.165, 1.54) is 38.0 Å². The van der Waals surface area contributed by atoms with Crippen LogP contribution in [0.4, 0.5) is 4.79 Å². The third-order valence-corrected chi connectivity index (χ3v) is 11.6. The van der Waals surface area contributed by atoms with E-state index in [2.05, 4.69) is 26.2 Å². The SMILES string of the molecule is Cn1nnnc1SCC1=C(C(=O)O)N2C(=S)[C@@](C)(NC(=O)C(NC(=O)N3CCN(Cc4ccccc4)C(=O)C3=O)c3ccccc3)[C@@H]2SC1. The normalized spacial score (nSPS) is 21.2. The zero-order chi connectivity index (χ0) is 34.9. The van der Waals surface area contributed by atoms with Gasteiger partial charge in [0.05, 0.1) is 0 Å². The minimum absolute atomic E-state index is 0.0469. The summed E-state index contributed by atoms with van der Waals surface area (Å²) in [6.07, 6.45) is 0. The summed E-state index contributed by atoms with van der Waals surface area (Å²) in [7, 11) is 1.69. The first kappa shape index (κ1) is 34.1. The van der Waals surface area contributed by atoms with Gasteiger partial charge in [0.25, 0.3) is 0 Å². The zero-order valence-corrected chi connectivity index (χ0v) is 28.8. The van der Waals surface area contributed by atoms with Crippen molar-refractivity contribution < 1.29 is 29.1 Å². The smallest absolute Gasteiger partial charge is 0.352 e. The molecular formula is C31H31N9O6S3. The van der Waals surface area contributed by atoms with E-state index in [1.807, 2.05) is 30.3 Å². The van der Waals surface area contributed by atoms with Gasteiger partial charge in [0.1, 0.15) is 27.6 Å². The molecule has 1 aromatic heterocycles. The number of aryl methyl sites for hydroxylation is 1. The van der Waals surface area contributed by atoms with Crippen LogP contribution in [0.2, 0.25) is 0 Å². The van der Waals surface area contributed by atoms with Crippen LogP contribution in [0, 0.1) is 0 Å². The summed E-state index contributed by atoms with van der Waals surface area (Å²) in [6.45, 7) is 2.01. The fourth-order valence-electron chi connectivity index (χ4n) is 5.81. The van der Waals surface area contributed by atoms with E-state index in [4.69, 9.17) is 12.2 Å². The number of thioether (sulfide) groups is 2. The van der Waals surface area contributed by atoms with Gasteiger partial charge in [-0.05, 0) is 34.1 Å². The Balaban J connectivity index is 1.16. The van der Waals surface area contributed by atoms with Crippen LogP contribution in [0.25, 0.3) is 0 Å². The topological polar surface area (TPSA) is 183 Å². The number of nitrogens with zero attached hydrogens (tertiary/aromatic N) is 7. The second-order valence-electron chi connectivity index (χ2n) is 11.6. The predicted molar refractivity (Wildman–Crippen MR) is 183 cm³/mol. The molecule has 0 radical (unpaired) electrons. The molecule has 6 rings (SSSR count). The van der Waals surface area contributed by atoms with Crippen LogP contribution in [0.5, 0.6) is 0 Å². The Labute approximate surface area is 294 Å². The molecule has 5 amide bonds. The van der Waals surface area contributed by atoms with Gasteiger partial charge in [0.15, 0.2) is 0 Å². The van der Waals surface area contributed by atoms with Crippen molar-refractivity contribution in [2.75, 3.05) is 24.6 Å². The molecule has 0 bridgehead atoms. The Morgan fingerprint density at radius 1 is 1.08 bits per heavy atom. The maximum absolute atomic E-state index is 14.0. The number of aromatic nitrogens is 4. The number of thiocarbonyl (C=S) groups is 1. The van der Waals surface area contributed by atoms with Crippen molar-refractivity contribution in [2.45, 2.75) is 35.6 Å². The lowest BCUT2D eigenvalue weighted by molar-refractivity contribution is -0.154. The number of tetrazole rings is 1. The molecule has 0 aliphatic carbocycles. The van der Waals surface area contributed by atoms with Crippen LogP contribution in [-0.4, -0.2) is 110 Å². The minimum atomic E-state index is -1.26. The van der Waals surface area contributed by atoms with Crippen LogP contribution >= 0.6 is 35.7 Å². The Morgan fingerprint density at radius 2 is 1.78 bits per heavy atom. The molecule has 3 atom stereocenters. The van der Waals surface area contributed by atoms with Crippen LogP contribution in [0.15, 0.2) is 77.1 Å². The monoisotopic (exact) mass is 721 g/mol. The maximum atomic E-state index is 14.0. The van der Waals surface area contributed by atoms with Gasteiger partial charge < -0.3 is 25.5 Å². The molecule has 15 nitrogen and oxygen atoms in total. The number of aliphatic carboxylic acids is 1. The first-order chi connectivity index (χ1) is 23.5. The fraction of sp³-hybridized carbons (Fsp3) is 0.323. The van der Waals surface area contributed by atoms with Crippen LogP contribution in [-0.2, 0) is 32.8 Å². The van der Waals surface area contributed by atoms with Crippen molar-refractivity contribution in [3.8, 4) is 0 Å². The third-order valence-electron chi connectivity index (χ3n) is 8.36. The minimum Gasteiger partial charge on any atom is -0.477 e. The van der Waals surface area contributed by atoms with E-state index in [9.17, 15) is 29.1 Å². The van der Waals surface area contributed by atoms with Crippen LogP contribution in [0.3, 0.4) is 0 Å². The molecule has 2 aromatic carbocycles. The Bertz CT molecular complexity index is 1860. The average molecular weight is 722 g/mol. The molecule has 2 saturated heterocycles. The van der Waals surface area contributed by atoms with Crippen molar-refractivity contribution in [1.29, 1.82) is 0 Å². The van der Waals surface area contributed by atoms with Gasteiger partial charge >= 0.3 is 23.8 Å². The van der Waals surface area contributed by atoms with Gasteiger partial charge in [-0.25, -0.2) is 14.3 Å². The highest BCUT2D eigenvalue weighted by Crippen LogP contribution is 2.47. The highest BCUT2D eigenvalue weighted by Gasteiger charge is 2.60. The number of carbonyl (C=O) groups excluding carboxylic acids is 4. The molecule has 0 spiro atoms. The van der Waals surface area contributed by atoms with Gasteiger partial charge in [-0.1, -0.05) is 84.6 Å². The number of amides is 5. The standard InChI is InChI=1S/C31H31N9O6S3/c1-31(27(47)40-22(26(44)45)20(16-48-28(31)40)17-49-30-34-35-36-37(30)2)33-23(41)21(19-11-7-4-8-12-19)32-29(46)39-14-13-38(24(42)25(39)43)15-18-9-5-3-6-10-18/h3-12,21,28H,13-17H2,1-2H3,(H,32,46)(H,33,41)(H,44,45)/t21?,28-,31+/m0/s1. The number of carboxylic acids is 1. The van der Waals surface area contributed by atoms with E-state index in [1.54, 1.807) is 44.3 Å². The highest BCUT2D eigenvalue weighted by atomic mass is 32.2. The number of fused-ring (bicyclic) bond motifs is 1. The predicted octanol–water partition coefficient (Wildman–Crippen LogP) is 1.55. The number of imide groups is 1. The number of rotatable bonds is 10. The Kier molecular flexibility index (Phi) is 9.71. The molecule has 18 heteroatoms. The van der Waals surface area contributed by atoms with Crippen molar-refractivity contribution in [2.24, 2.45) is 7.05 Å². The number of nitrogens with one attached hydrogen (secondary N) is 2. The molecule has 3 N–H and O–H groups in total.